The van der Waals surface area contributed by atoms with Crippen LogP contribution in [0.1, 0.15) is 11.1 Å². The minimum Gasteiger partial charge on any atom is -0.493 e. The van der Waals surface area contributed by atoms with E-state index in [0.29, 0.717) is 23.7 Å². The van der Waals surface area contributed by atoms with Gasteiger partial charge >= 0.3 is 11.9 Å². The molecule has 0 aliphatic rings. The molecule has 0 unspecified atom stereocenters. The third kappa shape index (κ3) is 5.60. The molecule has 0 heterocycles. The first-order valence-electron chi connectivity index (χ1n) is 8.32. The molecule has 6 nitrogen and oxygen atoms in total. The van der Waals surface area contributed by atoms with E-state index in [-0.39, 0.29) is 5.57 Å². The number of esters is 2. The van der Waals surface area contributed by atoms with Crippen LogP contribution in [0.25, 0.3) is 6.08 Å². The maximum Gasteiger partial charge on any atom is 0.345 e. The minimum atomic E-state index is -0.774. The highest BCUT2D eigenvalue weighted by Gasteiger charge is 2.20. The van der Waals surface area contributed by atoms with Crippen molar-refractivity contribution in [2.24, 2.45) is 0 Å². The molecular formula is C21H22O6. The van der Waals surface area contributed by atoms with Crippen molar-refractivity contribution >= 4 is 18.0 Å². The lowest BCUT2D eigenvalue weighted by Crippen LogP contribution is -2.15. The van der Waals surface area contributed by atoms with Crippen LogP contribution in [0, 0.1) is 0 Å². The molecule has 0 radical (unpaired) electrons. The van der Waals surface area contributed by atoms with Crippen LogP contribution in [-0.4, -0.2) is 39.9 Å². The summed E-state index contributed by atoms with van der Waals surface area (Å²) in [6.07, 6.45) is 2.13. The van der Waals surface area contributed by atoms with Gasteiger partial charge in [-0.1, -0.05) is 36.4 Å². The summed E-state index contributed by atoms with van der Waals surface area (Å²) in [6, 6.07) is 15.1. The topological polar surface area (TPSA) is 71.1 Å². The fourth-order valence-corrected chi connectivity index (χ4v) is 2.41. The molecule has 6 heteroatoms. The minimum absolute atomic E-state index is 0.208. The Balaban J connectivity index is 2.21. The van der Waals surface area contributed by atoms with E-state index >= 15 is 0 Å². The van der Waals surface area contributed by atoms with Crippen LogP contribution < -0.4 is 9.47 Å². The lowest BCUT2D eigenvalue weighted by atomic mass is 10.1. The van der Waals surface area contributed by atoms with Crippen molar-refractivity contribution in [3.63, 3.8) is 0 Å². The van der Waals surface area contributed by atoms with Crippen molar-refractivity contribution in [1.29, 1.82) is 0 Å². The van der Waals surface area contributed by atoms with Crippen LogP contribution >= 0.6 is 0 Å². The molecular weight excluding hydrogens is 348 g/mol. The lowest BCUT2D eigenvalue weighted by molar-refractivity contribution is -0.143. The van der Waals surface area contributed by atoms with Crippen molar-refractivity contribution in [2.75, 3.05) is 27.9 Å². The highest BCUT2D eigenvalue weighted by Crippen LogP contribution is 2.29. The van der Waals surface area contributed by atoms with Gasteiger partial charge in [0.1, 0.15) is 5.57 Å². The Hall–Kier alpha value is -3.28. The molecule has 2 aromatic carbocycles. The van der Waals surface area contributed by atoms with Crippen molar-refractivity contribution in [1.82, 2.24) is 0 Å². The number of ether oxygens (including phenoxy) is 4. The predicted molar refractivity (Wildman–Crippen MR) is 101 cm³/mol. The fourth-order valence-electron chi connectivity index (χ4n) is 2.41. The Morgan fingerprint density at radius 2 is 1.56 bits per heavy atom. The van der Waals surface area contributed by atoms with Crippen LogP contribution in [0.5, 0.6) is 11.5 Å². The Kier molecular flexibility index (Phi) is 7.43. The van der Waals surface area contributed by atoms with Crippen LogP contribution in [-0.2, 0) is 25.5 Å². The number of carbonyl (C=O) groups excluding carboxylic acids is 2. The highest BCUT2D eigenvalue weighted by molar-refractivity contribution is 6.17. The van der Waals surface area contributed by atoms with E-state index in [1.165, 1.54) is 20.3 Å². The molecule has 0 saturated heterocycles. The van der Waals surface area contributed by atoms with Crippen LogP contribution in [0.3, 0.4) is 0 Å². The maximum atomic E-state index is 11.8. The first-order valence-corrected chi connectivity index (χ1v) is 8.32. The summed E-state index contributed by atoms with van der Waals surface area (Å²) >= 11 is 0. The molecule has 0 atom stereocenters. The second kappa shape index (κ2) is 10.0. The van der Waals surface area contributed by atoms with Crippen LogP contribution in [0.15, 0.2) is 54.1 Å². The molecule has 27 heavy (non-hydrogen) atoms. The molecule has 0 N–H and O–H groups in total. The smallest absolute Gasteiger partial charge is 0.345 e. The Bertz CT molecular complexity index is 793. The van der Waals surface area contributed by atoms with Gasteiger partial charge in [-0.05, 0) is 29.3 Å². The van der Waals surface area contributed by atoms with E-state index in [4.69, 9.17) is 9.47 Å². The predicted octanol–water partition coefficient (Wildman–Crippen LogP) is 3.05. The van der Waals surface area contributed by atoms with E-state index < -0.39 is 11.9 Å². The van der Waals surface area contributed by atoms with Gasteiger partial charge in [0.2, 0.25) is 0 Å². The highest BCUT2D eigenvalue weighted by atomic mass is 16.5. The van der Waals surface area contributed by atoms with Crippen molar-refractivity contribution in [3.8, 4) is 11.5 Å². The third-order valence-electron chi connectivity index (χ3n) is 3.80. The third-order valence-corrected chi connectivity index (χ3v) is 3.80. The van der Waals surface area contributed by atoms with Gasteiger partial charge in [-0.3, -0.25) is 0 Å². The second-order valence-corrected chi connectivity index (χ2v) is 5.54. The van der Waals surface area contributed by atoms with Gasteiger partial charge in [0.25, 0.3) is 0 Å². The maximum absolute atomic E-state index is 11.8. The Morgan fingerprint density at radius 1 is 0.889 bits per heavy atom. The molecule has 0 spiro atoms. The monoisotopic (exact) mass is 370 g/mol. The first-order chi connectivity index (χ1) is 13.1. The van der Waals surface area contributed by atoms with E-state index in [1.807, 2.05) is 30.3 Å². The SMILES string of the molecule is COC(=O)C(=Cc1ccc(OC)c(OCCc2ccccc2)c1)C(=O)OC. The summed E-state index contributed by atoms with van der Waals surface area (Å²) in [7, 11) is 3.94. The van der Waals surface area contributed by atoms with Gasteiger partial charge in [0.05, 0.1) is 27.9 Å². The zero-order chi connectivity index (χ0) is 19.6. The fraction of sp³-hybridized carbons (Fsp3) is 0.238. The average Bonchev–Trinajstić information content (AvgIpc) is 2.71. The number of hydrogen-bond acceptors (Lipinski definition) is 6. The first kappa shape index (κ1) is 20.0. The molecule has 2 aromatic rings. The molecule has 0 saturated carbocycles. The molecule has 0 aromatic heterocycles. The quantitative estimate of drug-likeness (QED) is 0.308. The van der Waals surface area contributed by atoms with E-state index in [9.17, 15) is 9.59 Å². The summed E-state index contributed by atoms with van der Waals surface area (Å²) in [5.41, 5.74) is 1.53. The van der Waals surface area contributed by atoms with Crippen LogP contribution in [0.2, 0.25) is 0 Å². The number of methoxy groups -OCH3 is 3. The van der Waals surface area contributed by atoms with Crippen molar-refractivity contribution in [3.05, 3.63) is 65.2 Å². The molecule has 0 aliphatic carbocycles. The van der Waals surface area contributed by atoms with Crippen molar-refractivity contribution in [2.45, 2.75) is 6.42 Å². The number of benzene rings is 2. The Morgan fingerprint density at radius 3 is 2.15 bits per heavy atom. The van der Waals surface area contributed by atoms with E-state index in [0.717, 1.165) is 12.0 Å². The molecule has 0 bridgehead atoms. The summed E-state index contributed by atoms with van der Waals surface area (Å²) < 4.78 is 20.4. The number of hydrogen-bond donors (Lipinski definition) is 0. The molecule has 0 aliphatic heterocycles. The summed E-state index contributed by atoms with van der Waals surface area (Å²) in [6.45, 7) is 0.453. The molecule has 0 fully saturated rings. The van der Waals surface area contributed by atoms with Gasteiger partial charge in [-0.25, -0.2) is 9.59 Å². The van der Waals surface area contributed by atoms with Gasteiger partial charge in [0.15, 0.2) is 11.5 Å². The summed E-state index contributed by atoms with van der Waals surface area (Å²) in [5, 5.41) is 0. The normalized spacial score (nSPS) is 9.89. The molecule has 0 amide bonds. The van der Waals surface area contributed by atoms with E-state index in [1.54, 1.807) is 25.3 Å². The largest absolute Gasteiger partial charge is 0.493 e. The Labute approximate surface area is 158 Å². The molecule has 142 valence electrons. The van der Waals surface area contributed by atoms with Gasteiger partial charge in [0, 0.05) is 6.42 Å². The lowest BCUT2D eigenvalue weighted by Gasteiger charge is -2.12. The van der Waals surface area contributed by atoms with Gasteiger partial charge in [-0.2, -0.15) is 0 Å². The van der Waals surface area contributed by atoms with Gasteiger partial charge in [-0.15, -0.1) is 0 Å². The van der Waals surface area contributed by atoms with E-state index in [2.05, 4.69) is 9.47 Å². The number of rotatable bonds is 8. The summed E-state index contributed by atoms with van der Waals surface area (Å²) in [4.78, 5) is 23.6. The van der Waals surface area contributed by atoms with Gasteiger partial charge < -0.3 is 18.9 Å². The number of carbonyl (C=O) groups is 2. The zero-order valence-corrected chi connectivity index (χ0v) is 15.6. The molecule has 2 rings (SSSR count). The zero-order valence-electron chi connectivity index (χ0n) is 15.6. The standard InChI is InChI=1S/C21H22O6/c1-24-18-10-9-16(13-17(20(22)25-2)21(23)26-3)14-19(18)27-12-11-15-7-5-4-6-8-15/h4-10,13-14H,11-12H2,1-3H3. The average molecular weight is 370 g/mol. The van der Waals surface area contributed by atoms with Crippen LogP contribution in [0.4, 0.5) is 0 Å². The summed E-state index contributed by atoms with van der Waals surface area (Å²) in [5.74, 6) is -0.484. The van der Waals surface area contributed by atoms with Crippen molar-refractivity contribution < 1.29 is 28.5 Å². The second-order valence-electron chi connectivity index (χ2n) is 5.54.